The lowest BCUT2D eigenvalue weighted by molar-refractivity contribution is 0.157. The summed E-state index contributed by atoms with van der Waals surface area (Å²) >= 11 is 5.95. The van der Waals surface area contributed by atoms with Crippen molar-refractivity contribution in [1.82, 2.24) is 4.31 Å². The minimum atomic E-state index is -3.69. The van der Waals surface area contributed by atoms with Crippen LogP contribution in [0.5, 0.6) is 0 Å². The molecular weight excluding hydrogens is 317 g/mol. The van der Waals surface area contributed by atoms with E-state index in [1.807, 2.05) is 0 Å². The molecule has 116 valence electrons. The van der Waals surface area contributed by atoms with Crippen molar-refractivity contribution in [1.29, 1.82) is 0 Å². The van der Waals surface area contributed by atoms with E-state index >= 15 is 0 Å². The minimum Gasteiger partial charge on any atom is -0.381 e. The van der Waals surface area contributed by atoms with Crippen LogP contribution >= 0.6 is 11.6 Å². The van der Waals surface area contributed by atoms with Gasteiger partial charge in [-0.1, -0.05) is 11.6 Å². The molecule has 2 aliphatic rings. The zero-order valence-electron chi connectivity index (χ0n) is 11.7. The van der Waals surface area contributed by atoms with Crippen molar-refractivity contribution in [2.45, 2.75) is 24.7 Å². The summed E-state index contributed by atoms with van der Waals surface area (Å²) in [5, 5.41) is -0.0679. The van der Waals surface area contributed by atoms with Crippen LogP contribution in [0.4, 0.5) is 4.39 Å². The molecule has 2 saturated heterocycles. The monoisotopic (exact) mass is 333 g/mol. The third kappa shape index (κ3) is 2.59. The normalized spacial score (nSPS) is 26.8. The zero-order valence-corrected chi connectivity index (χ0v) is 13.3. The zero-order chi connectivity index (χ0) is 15.3. The summed E-state index contributed by atoms with van der Waals surface area (Å²) in [5.41, 5.74) is 0.213. The van der Waals surface area contributed by atoms with Crippen LogP contribution in [0.15, 0.2) is 17.0 Å². The molecule has 3 rings (SSSR count). The summed E-state index contributed by atoms with van der Waals surface area (Å²) in [6.07, 6.45) is 1.68. The first kappa shape index (κ1) is 15.2. The molecule has 0 radical (unpaired) electrons. The maximum Gasteiger partial charge on any atom is 0.244 e. The molecule has 0 aliphatic carbocycles. The smallest absolute Gasteiger partial charge is 0.244 e. The summed E-state index contributed by atoms with van der Waals surface area (Å²) in [6, 6.07) is 2.37. The highest BCUT2D eigenvalue weighted by atomic mass is 35.5. The Morgan fingerprint density at radius 1 is 1.38 bits per heavy atom. The topological polar surface area (TPSA) is 46.6 Å². The third-order valence-electron chi connectivity index (χ3n) is 4.42. The van der Waals surface area contributed by atoms with Gasteiger partial charge in [0, 0.05) is 25.1 Å². The molecule has 4 nitrogen and oxygen atoms in total. The maximum absolute atomic E-state index is 13.5. The molecule has 2 aliphatic heterocycles. The third-order valence-corrected chi connectivity index (χ3v) is 6.73. The van der Waals surface area contributed by atoms with Crippen molar-refractivity contribution in [2.24, 2.45) is 5.41 Å². The number of hydrogen-bond donors (Lipinski definition) is 0. The van der Waals surface area contributed by atoms with Crippen molar-refractivity contribution in [2.75, 3.05) is 26.3 Å². The minimum absolute atomic E-state index is 0.0148. The van der Waals surface area contributed by atoms with E-state index in [1.54, 1.807) is 0 Å². The van der Waals surface area contributed by atoms with Gasteiger partial charge in [0.05, 0.1) is 11.6 Å². The van der Waals surface area contributed by atoms with Crippen molar-refractivity contribution in [3.8, 4) is 0 Å². The van der Waals surface area contributed by atoms with Crippen molar-refractivity contribution in [3.05, 3.63) is 28.5 Å². The van der Waals surface area contributed by atoms with Gasteiger partial charge in [-0.3, -0.25) is 0 Å². The van der Waals surface area contributed by atoms with Gasteiger partial charge in [-0.05, 0) is 37.5 Å². The first-order valence-corrected chi connectivity index (χ1v) is 8.69. The average molecular weight is 334 g/mol. The molecule has 2 heterocycles. The average Bonchev–Trinajstić information content (AvgIpc) is 3.05. The Labute approximate surface area is 128 Å². The number of hydrogen-bond acceptors (Lipinski definition) is 3. The fourth-order valence-electron chi connectivity index (χ4n) is 3.04. The Balaban J connectivity index is 1.93. The van der Waals surface area contributed by atoms with E-state index in [-0.39, 0.29) is 20.9 Å². The van der Waals surface area contributed by atoms with Crippen LogP contribution in [0.25, 0.3) is 0 Å². The van der Waals surface area contributed by atoms with Crippen LogP contribution < -0.4 is 0 Å². The summed E-state index contributed by atoms with van der Waals surface area (Å²) in [6.45, 7) is 3.72. The molecular formula is C14H17ClFNO3S. The van der Waals surface area contributed by atoms with Gasteiger partial charge in [0.1, 0.15) is 10.7 Å². The first-order chi connectivity index (χ1) is 9.84. The number of sulfonamides is 1. The van der Waals surface area contributed by atoms with Crippen molar-refractivity contribution in [3.63, 3.8) is 0 Å². The lowest BCUT2D eigenvalue weighted by Crippen LogP contribution is -2.32. The number of ether oxygens (including phenoxy) is 1. The molecule has 7 heteroatoms. The molecule has 2 fully saturated rings. The SMILES string of the molecule is Cc1cc(S(=O)(=O)N2CC[C@]3(CCOC3)C2)c(Cl)cc1F. The van der Waals surface area contributed by atoms with Gasteiger partial charge in [0.25, 0.3) is 0 Å². The van der Waals surface area contributed by atoms with Crippen LogP contribution in [-0.4, -0.2) is 39.0 Å². The quantitative estimate of drug-likeness (QED) is 0.835. The van der Waals surface area contributed by atoms with Crippen LogP contribution in [0.1, 0.15) is 18.4 Å². The van der Waals surface area contributed by atoms with Gasteiger partial charge < -0.3 is 4.74 Å². The van der Waals surface area contributed by atoms with E-state index < -0.39 is 15.8 Å². The van der Waals surface area contributed by atoms with Crippen LogP contribution in [0.3, 0.4) is 0 Å². The Bertz CT molecular complexity index is 671. The van der Waals surface area contributed by atoms with E-state index in [9.17, 15) is 12.8 Å². The van der Waals surface area contributed by atoms with E-state index in [4.69, 9.17) is 16.3 Å². The summed E-state index contributed by atoms with van der Waals surface area (Å²) < 4.78 is 45.8. The molecule has 1 spiro atoms. The predicted molar refractivity (Wildman–Crippen MR) is 77.4 cm³/mol. The number of benzene rings is 1. The van der Waals surface area contributed by atoms with E-state index in [2.05, 4.69) is 0 Å². The standard InChI is InChI=1S/C14H17ClFNO3S/c1-10-6-13(11(15)7-12(10)16)21(18,19)17-4-2-14(8-17)3-5-20-9-14/h6-7H,2-5,8-9H2,1H3/t14-/m0/s1. The molecule has 0 unspecified atom stereocenters. The second-order valence-electron chi connectivity index (χ2n) is 5.92. The fraction of sp³-hybridized carbons (Fsp3) is 0.571. The number of nitrogens with zero attached hydrogens (tertiary/aromatic N) is 1. The Kier molecular flexibility index (Phi) is 3.76. The van der Waals surface area contributed by atoms with Gasteiger partial charge in [-0.15, -0.1) is 0 Å². The molecule has 1 aromatic carbocycles. The second kappa shape index (κ2) is 5.19. The van der Waals surface area contributed by atoms with Gasteiger partial charge in [0.15, 0.2) is 0 Å². The predicted octanol–water partition coefficient (Wildman–Crippen LogP) is 2.59. The molecule has 21 heavy (non-hydrogen) atoms. The van der Waals surface area contributed by atoms with Gasteiger partial charge in [-0.2, -0.15) is 4.31 Å². The Morgan fingerprint density at radius 2 is 2.14 bits per heavy atom. The van der Waals surface area contributed by atoms with Gasteiger partial charge >= 0.3 is 0 Å². The molecule has 0 amide bonds. The van der Waals surface area contributed by atoms with E-state index in [0.29, 0.717) is 26.3 Å². The maximum atomic E-state index is 13.5. The van der Waals surface area contributed by atoms with E-state index in [0.717, 1.165) is 18.9 Å². The molecule has 0 bridgehead atoms. The van der Waals surface area contributed by atoms with Crippen LogP contribution in [-0.2, 0) is 14.8 Å². The molecule has 0 N–H and O–H groups in total. The highest BCUT2D eigenvalue weighted by Crippen LogP contribution is 2.41. The van der Waals surface area contributed by atoms with Gasteiger partial charge in [0.2, 0.25) is 10.0 Å². The Hall–Kier alpha value is -0.690. The molecule has 1 atom stereocenters. The summed E-state index contributed by atoms with van der Waals surface area (Å²) in [4.78, 5) is -0.0148. The molecule has 1 aromatic rings. The van der Waals surface area contributed by atoms with E-state index in [1.165, 1.54) is 17.3 Å². The van der Waals surface area contributed by atoms with Crippen molar-refractivity contribution >= 4 is 21.6 Å². The van der Waals surface area contributed by atoms with Gasteiger partial charge in [-0.25, -0.2) is 12.8 Å². The number of rotatable bonds is 2. The summed E-state index contributed by atoms with van der Waals surface area (Å²) in [7, 11) is -3.69. The lowest BCUT2D eigenvalue weighted by atomic mass is 9.87. The summed E-state index contributed by atoms with van der Waals surface area (Å²) in [5.74, 6) is -0.499. The lowest BCUT2D eigenvalue weighted by Gasteiger charge is -2.22. The number of halogens is 2. The highest BCUT2D eigenvalue weighted by Gasteiger charge is 2.45. The fourth-order valence-corrected chi connectivity index (χ4v) is 5.17. The largest absolute Gasteiger partial charge is 0.381 e. The second-order valence-corrected chi connectivity index (χ2v) is 8.24. The van der Waals surface area contributed by atoms with Crippen molar-refractivity contribution < 1.29 is 17.5 Å². The highest BCUT2D eigenvalue weighted by molar-refractivity contribution is 7.89. The van der Waals surface area contributed by atoms with Crippen LogP contribution in [0.2, 0.25) is 5.02 Å². The molecule has 0 saturated carbocycles. The number of aryl methyl sites for hydroxylation is 1. The first-order valence-electron chi connectivity index (χ1n) is 6.88. The molecule has 0 aromatic heterocycles. The van der Waals surface area contributed by atoms with Crippen LogP contribution in [0, 0.1) is 18.2 Å². The Morgan fingerprint density at radius 3 is 2.81 bits per heavy atom.